The normalized spacial score (nSPS) is 9.62. The Morgan fingerprint density at radius 3 is 2.75 bits per heavy atom. The van der Waals surface area contributed by atoms with Gasteiger partial charge in [0, 0.05) is 3.57 Å². The van der Waals surface area contributed by atoms with Crippen molar-refractivity contribution in [1.29, 1.82) is 5.26 Å². The smallest absolute Gasteiger partial charge is 0.310 e. The summed E-state index contributed by atoms with van der Waals surface area (Å²) in [6.45, 7) is 2.05. The average Bonchev–Trinajstić information content (AvgIpc) is 2.31. The van der Waals surface area contributed by atoms with Crippen molar-refractivity contribution in [3.63, 3.8) is 0 Å². The fraction of sp³-hybridized carbons (Fsp3) is 0.333. The van der Waals surface area contributed by atoms with Gasteiger partial charge in [-0.3, -0.25) is 4.79 Å². The summed E-state index contributed by atoms with van der Waals surface area (Å²) < 4.78 is 5.62. The highest BCUT2D eigenvalue weighted by Gasteiger charge is 2.14. The topological polar surface area (TPSA) is 50.1 Å². The molecule has 0 aliphatic carbocycles. The number of carbonyl (C=O) groups is 1. The lowest BCUT2D eigenvalue weighted by Crippen LogP contribution is -2.09. The summed E-state index contributed by atoms with van der Waals surface area (Å²) in [5.74, 6) is -0.317. The molecular formula is C12H12INO2. The van der Waals surface area contributed by atoms with Gasteiger partial charge in [-0.15, -0.1) is 0 Å². The zero-order valence-corrected chi connectivity index (χ0v) is 11.4. The van der Waals surface area contributed by atoms with Crippen molar-refractivity contribution in [2.45, 2.75) is 19.8 Å². The maximum Gasteiger partial charge on any atom is 0.310 e. The van der Waals surface area contributed by atoms with Crippen LogP contribution in [0.15, 0.2) is 12.1 Å². The van der Waals surface area contributed by atoms with E-state index in [1.54, 1.807) is 6.07 Å². The van der Waals surface area contributed by atoms with Crippen LogP contribution in [0.4, 0.5) is 0 Å². The molecule has 0 radical (unpaired) electrons. The van der Waals surface area contributed by atoms with Gasteiger partial charge in [0.15, 0.2) is 0 Å². The summed E-state index contributed by atoms with van der Waals surface area (Å²) in [4.78, 5) is 11.3. The molecular weight excluding hydrogens is 317 g/mol. The molecule has 1 aromatic carbocycles. The van der Waals surface area contributed by atoms with E-state index in [0.29, 0.717) is 5.56 Å². The second kappa shape index (κ2) is 5.85. The van der Waals surface area contributed by atoms with E-state index in [2.05, 4.69) is 33.4 Å². The van der Waals surface area contributed by atoms with Crippen molar-refractivity contribution >= 4 is 28.6 Å². The Morgan fingerprint density at radius 2 is 2.25 bits per heavy atom. The summed E-state index contributed by atoms with van der Waals surface area (Å²) in [6.07, 6.45) is 1.05. The Kier molecular flexibility index (Phi) is 4.74. The van der Waals surface area contributed by atoms with Crippen LogP contribution in [0, 0.1) is 14.9 Å². The van der Waals surface area contributed by atoms with Gasteiger partial charge in [0.2, 0.25) is 0 Å². The van der Waals surface area contributed by atoms with Gasteiger partial charge < -0.3 is 4.74 Å². The Morgan fingerprint density at radius 1 is 1.56 bits per heavy atom. The minimum atomic E-state index is -0.317. The molecule has 4 heteroatoms. The number of halogens is 1. The molecule has 3 nitrogen and oxygen atoms in total. The zero-order chi connectivity index (χ0) is 12.1. The van der Waals surface area contributed by atoms with Gasteiger partial charge in [-0.25, -0.2) is 0 Å². The molecule has 0 aliphatic heterocycles. The van der Waals surface area contributed by atoms with E-state index in [1.165, 1.54) is 7.11 Å². The van der Waals surface area contributed by atoms with Crippen LogP contribution in [0.2, 0.25) is 0 Å². The highest BCUT2D eigenvalue weighted by molar-refractivity contribution is 14.1. The quantitative estimate of drug-likeness (QED) is 0.632. The van der Waals surface area contributed by atoms with E-state index in [0.717, 1.165) is 21.1 Å². The van der Waals surface area contributed by atoms with Crippen molar-refractivity contribution in [1.82, 2.24) is 0 Å². The number of esters is 1. The van der Waals surface area contributed by atoms with Crippen molar-refractivity contribution in [3.05, 3.63) is 32.4 Å². The highest BCUT2D eigenvalue weighted by Crippen LogP contribution is 2.22. The summed E-state index contributed by atoms with van der Waals surface area (Å²) in [5.41, 5.74) is 2.47. The lowest BCUT2D eigenvalue weighted by Gasteiger charge is -2.09. The van der Waals surface area contributed by atoms with E-state index < -0.39 is 0 Å². The Hall–Kier alpha value is -1.09. The molecule has 16 heavy (non-hydrogen) atoms. The monoisotopic (exact) mass is 329 g/mol. The minimum absolute atomic E-state index is 0.158. The molecule has 0 atom stereocenters. The summed E-state index contributed by atoms with van der Waals surface area (Å²) in [7, 11) is 1.35. The first-order chi connectivity index (χ1) is 7.63. The SMILES string of the molecule is CCc1ccc(C#N)c(CC(=O)OC)c1I. The van der Waals surface area contributed by atoms with Gasteiger partial charge in [-0.1, -0.05) is 13.0 Å². The maximum atomic E-state index is 11.3. The first-order valence-electron chi connectivity index (χ1n) is 4.91. The van der Waals surface area contributed by atoms with Gasteiger partial charge >= 0.3 is 5.97 Å². The number of benzene rings is 1. The van der Waals surface area contributed by atoms with Crippen LogP contribution in [0.5, 0.6) is 0 Å². The van der Waals surface area contributed by atoms with E-state index in [1.807, 2.05) is 13.0 Å². The number of hydrogen-bond donors (Lipinski definition) is 0. The summed E-state index contributed by atoms with van der Waals surface area (Å²) >= 11 is 2.18. The predicted molar refractivity (Wildman–Crippen MR) is 69.0 cm³/mol. The molecule has 0 saturated heterocycles. The molecule has 84 valence electrons. The number of nitrogens with zero attached hydrogens (tertiary/aromatic N) is 1. The molecule has 0 bridgehead atoms. The standard InChI is InChI=1S/C12H12INO2/c1-3-8-4-5-9(7-14)10(12(8)13)6-11(15)16-2/h4-5H,3,6H2,1-2H3. The minimum Gasteiger partial charge on any atom is -0.469 e. The Bertz CT molecular complexity index is 449. The van der Waals surface area contributed by atoms with Crippen LogP contribution in [0.25, 0.3) is 0 Å². The summed E-state index contributed by atoms with van der Waals surface area (Å²) in [6, 6.07) is 5.80. The molecule has 0 unspecified atom stereocenters. The highest BCUT2D eigenvalue weighted by atomic mass is 127. The third-order valence-corrected chi connectivity index (χ3v) is 3.72. The van der Waals surface area contributed by atoms with Crippen molar-refractivity contribution in [3.8, 4) is 6.07 Å². The molecule has 0 saturated carbocycles. The molecule has 0 spiro atoms. The lowest BCUT2D eigenvalue weighted by molar-refractivity contribution is -0.139. The van der Waals surface area contributed by atoms with Crippen molar-refractivity contribution in [2.75, 3.05) is 7.11 Å². The molecule has 1 rings (SSSR count). The van der Waals surface area contributed by atoms with E-state index >= 15 is 0 Å². The second-order valence-electron chi connectivity index (χ2n) is 3.28. The van der Waals surface area contributed by atoms with Crippen molar-refractivity contribution in [2.24, 2.45) is 0 Å². The van der Waals surface area contributed by atoms with Crippen molar-refractivity contribution < 1.29 is 9.53 Å². The number of rotatable bonds is 3. The molecule has 0 aliphatic rings. The lowest BCUT2D eigenvalue weighted by atomic mass is 10.0. The maximum absolute atomic E-state index is 11.3. The number of carbonyl (C=O) groups excluding carboxylic acids is 1. The predicted octanol–water partition coefficient (Wildman–Crippen LogP) is 2.44. The molecule has 0 fully saturated rings. The number of ether oxygens (including phenoxy) is 1. The van der Waals surface area contributed by atoms with Gasteiger partial charge in [0.25, 0.3) is 0 Å². The van der Waals surface area contributed by atoms with E-state index in [4.69, 9.17) is 5.26 Å². The first-order valence-corrected chi connectivity index (χ1v) is 5.99. The van der Waals surface area contributed by atoms with Crippen LogP contribution in [0.3, 0.4) is 0 Å². The third kappa shape index (κ3) is 2.73. The number of nitriles is 1. The zero-order valence-electron chi connectivity index (χ0n) is 9.21. The Labute approximate surface area is 109 Å². The van der Waals surface area contributed by atoms with Crippen LogP contribution >= 0.6 is 22.6 Å². The molecule has 0 amide bonds. The molecule has 0 heterocycles. The van der Waals surface area contributed by atoms with Crippen LogP contribution in [0.1, 0.15) is 23.6 Å². The molecule has 0 aromatic heterocycles. The largest absolute Gasteiger partial charge is 0.469 e. The average molecular weight is 329 g/mol. The number of aryl methyl sites for hydroxylation is 1. The van der Waals surface area contributed by atoms with Gasteiger partial charge in [0.05, 0.1) is 25.2 Å². The summed E-state index contributed by atoms with van der Waals surface area (Å²) in [5, 5.41) is 8.99. The Balaban J connectivity index is 3.22. The van der Waals surface area contributed by atoms with Crippen LogP contribution in [-0.2, 0) is 22.4 Å². The molecule has 1 aromatic rings. The van der Waals surface area contributed by atoms with Crippen LogP contribution < -0.4 is 0 Å². The van der Waals surface area contributed by atoms with Gasteiger partial charge in [0.1, 0.15) is 0 Å². The molecule has 0 N–H and O–H groups in total. The second-order valence-corrected chi connectivity index (χ2v) is 4.36. The fourth-order valence-corrected chi connectivity index (χ4v) is 2.48. The third-order valence-electron chi connectivity index (χ3n) is 2.37. The van der Waals surface area contributed by atoms with Gasteiger partial charge in [-0.05, 0) is 46.2 Å². The van der Waals surface area contributed by atoms with E-state index in [-0.39, 0.29) is 12.4 Å². The van der Waals surface area contributed by atoms with Crippen LogP contribution in [-0.4, -0.2) is 13.1 Å². The number of methoxy groups -OCH3 is 1. The first kappa shape index (κ1) is 13.0. The van der Waals surface area contributed by atoms with E-state index in [9.17, 15) is 4.79 Å². The fourth-order valence-electron chi connectivity index (χ4n) is 1.44. The van der Waals surface area contributed by atoms with Gasteiger partial charge in [-0.2, -0.15) is 5.26 Å². The number of hydrogen-bond acceptors (Lipinski definition) is 3.